The van der Waals surface area contributed by atoms with Gasteiger partial charge in [-0.2, -0.15) is 0 Å². The number of nitrogens with zero attached hydrogens (tertiary/aromatic N) is 2. The molecule has 152 valence electrons. The fraction of sp³-hybridized carbons (Fsp3) is 0.0870. The lowest BCUT2D eigenvalue weighted by atomic mass is 9.84. The van der Waals surface area contributed by atoms with Gasteiger partial charge < -0.3 is 5.32 Å². The maximum Gasteiger partial charge on any atom is 0.237 e. The van der Waals surface area contributed by atoms with Gasteiger partial charge in [-0.25, -0.2) is 9.97 Å². The molecule has 31 heavy (non-hydrogen) atoms. The minimum atomic E-state index is -0.424. The average molecular weight is 446 g/mol. The zero-order valence-electron chi connectivity index (χ0n) is 16.3. The molecular formula is C23H15N3O3S2. The molecule has 1 N–H and O–H groups in total. The van der Waals surface area contributed by atoms with Gasteiger partial charge in [0.05, 0.1) is 5.25 Å². The third-order valence-corrected chi connectivity index (χ3v) is 7.01. The fourth-order valence-electron chi connectivity index (χ4n) is 3.50. The second-order valence-electron chi connectivity index (χ2n) is 7.03. The summed E-state index contributed by atoms with van der Waals surface area (Å²) in [7, 11) is 0. The van der Waals surface area contributed by atoms with E-state index in [0.717, 1.165) is 15.2 Å². The molecule has 1 aliphatic carbocycles. The summed E-state index contributed by atoms with van der Waals surface area (Å²) in [5.74, 6) is -0.623. The lowest BCUT2D eigenvalue weighted by Gasteiger charge is -2.18. The quantitative estimate of drug-likeness (QED) is 0.322. The van der Waals surface area contributed by atoms with Crippen LogP contribution in [0, 0.1) is 0 Å². The summed E-state index contributed by atoms with van der Waals surface area (Å²) in [6, 6.07) is 13.5. The molecule has 2 heterocycles. The zero-order valence-corrected chi connectivity index (χ0v) is 17.9. The van der Waals surface area contributed by atoms with Gasteiger partial charge in [-0.3, -0.25) is 14.4 Å². The van der Waals surface area contributed by atoms with Gasteiger partial charge >= 0.3 is 0 Å². The van der Waals surface area contributed by atoms with Crippen LogP contribution in [0.4, 0.5) is 5.69 Å². The molecule has 4 aromatic rings. The number of benzene rings is 2. The van der Waals surface area contributed by atoms with Crippen molar-refractivity contribution >= 4 is 56.5 Å². The van der Waals surface area contributed by atoms with Gasteiger partial charge in [-0.15, -0.1) is 11.3 Å². The van der Waals surface area contributed by atoms with E-state index in [-0.39, 0.29) is 17.5 Å². The summed E-state index contributed by atoms with van der Waals surface area (Å²) in [5.41, 5.74) is 1.92. The van der Waals surface area contributed by atoms with Gasteiger partial charge in [0.15, 0.2) is 11.6 Å². The predicted molar refractivity (Wildman–Crippen MR) is 121 cm³/mol. The lowest BCUT2D eigenvalue weighted by molar-refractivity contribution is -0.115. The highest BCUT2D eigenvalue weighted by Gasteiger charge is 2.29. The monoisotopic (exact) mass is 445 g/mol. The van der Waals surface area contributed by atoms with E-state index in [4.69, 9.17) is 0 Å². The first kappa shape index (κ1) is 19.6. The normalized spacial score (nSPS) is 13.6. The minimum Gasteiger partial charge on any atom is -0.325 e. The van der Waals surface area contributed by atoms with Crippen molar-refractivity contribution in [2.75, 3.05) is 5.32 Å². The van der Waals surface area contributed by atoms with Gasteiger partial charge in [0, 0.05) is 33.3 Å². The molecule has 0 saturated heterocycles. The molecule has 1 atom stereocenters. The molecule has 8 heteroatoms. The van der Waals surface area contributed by atoms with Crippen LogP contribution in [0.5, 0.6) is 0 Å². The molecule has 6 nitrogen and oxygen atoms in total. The molecule has 0 saturated carbocycles. The Morgan fingerprint density at radius 1 is 0.968 bits per heavy atom. The van der Waals surface area contributed by atoms with Crippen molar-refractivity contribution in [2.24, 2.45) is 0 Å². The number of anilines is 1. The number of thiophene rings is 1. The number of aromatic nitrogens is 2. The standard InChI is InChI=1S/C23H15N3O3S2/c1-12(31-23-17-8-9-30-22(17)24-11-25-23)21(29)26-13-6-7-16-18(10-13)20(28)15-5-3-2-4-14(15)19(16)27/h2-12H,1H3,(H,26,29). The predicted octanol–water partition coefficient (Wildman–Crippen LogP) is 4.59. The van der Waals surface area contributed by atoms with Crippen molar-refractivity contribution in [1.82, 2.24) is 9.97 Å². The minimum absolute atomic E-state index is 0.185. The Bertz CT molecular complexity index is 1380. The molecule has 5 rings (SSSR count). The zero-order chi connectivity index (χ0) is 21.5. The van der Waals surface area contributed by atoms with Crippen molar-refractivity contribution in [3.05, 3.63) is 82.5 Å². The summed E-state index contributed by atoms with van der Waals surface area (Å²) in [5, 5.41) is 6.04. The van der Waals surface area contributed by atoms with Gasteiger partial charge in [-0.1, -0.05) is 36.0 Å². The highest BCUT2D eigenvalue weighted by Crippen LogP contribution is 2.32. The van der Waals surface area contributed by atoms with Crippen LogP contribution in [0.25, 0.3) is 10.2 Å². The number of rotatable bonds is 4. The molecule has 2 aromatic heterocycles. The van der Waals surface area contributed by atoms with Crippen molar-refractivity contribution < 1.29 is 14.4 Å². The van der Waals surface area contributed by atoms with E-state index in [1.54, 1.807) is 49.4 Å². The fourth-order valence-corrected chi connectivity index (χ4v) is 5.20. The SMILES string of the molecule is CC(Sc1ncnc2sccc12)C(=O)Nc1ccc2c(c1)C(=O)c1ccccc1C2=O. The van der Waals surface area contributed by atoms with Crippen LogP contribution in [-0.2, 0) is 4.79 Å². The molecule has 0 spiro atoms. The van der Waals surface area contributed by atoms with E-state index in [1.807, 2.05) is 11.4 Å². The van der Waals surface area contributed by atoms with Gasteiger partial charge in [0.1, 0.15) is 16.2 Å². The van der Waals surface area contributed by atoms with E-state index >= 15 is 0 Å². The van der Waals surface area contributed by atoms with Crippen LogP contribution in [0.2, 0.25) is 0 Å². The Labute approximate surface area is 185 Å². The second kappa shape index (κ2) is 7.72. The number of nitrogens with one attached hydrogen (secondary N) is 1. The second-order valence-corrected chi connectivity index (χ2v) is 9.26. The summed E-state index contributed by atoms with van der Waals surface area (Å²) in [6.45, 7) is 1.80. The summed E-state index contributed by atoms with van der Waals surface area (Å²) in [6.07, 6.45) is 1.50. The molecular weight excluding hydrogens is 430 g/mol. The lowest BCUT2D eigenvalue weighted by Crippen LogP contribution is -2.24. The largest absolute Gasteiger partial charge is 0.325 e. The molecule has 1 unspecified atom stereocenters. The maximum absolute atomic E-state index is 12.9. The third-order valence-electron chi connectivity index (χ3n) is 5.08. The number of hydrogen-bond donors (Lipinski definition) is 1. The summed E-state index contributed by atoms with van der Waals surface area (Å²) < 4.78 is 0. The first-order chi connectivity index (χ1) is 15.0. The molecule has 0 fully saturated rings. The van der Waals surface area contributed by atoms with E-state index in [2.05, 4.69) is 15.3 Å². The number of carbonyl (C=O) groups is 3. The van der Waals surface area contributed by atoms with Crippen LogP contribution in [0.3, 0.4) is 0 Å². The van der Waals surface area contributed by atoms with Crippen molar-refractivity contribution in [2.45, 2.75) is 17.2 Å². The van der Waals surface area contributed by atoms with Crippen LogP contribution in [-0.4, -0.2) is 32.7 Å². The van der Waals surface area contributed by atoms with Crippen LogP contribution in [0.1, 0.15) is 38.8 Å². The Morgan fingerprint density at radius 3 is 2.45 bits per heavy atom. The Balaban J connectivity index is 1.37. The van der Waals surface area contributed by atoms with E-state index < -0.39 is 5.25 Å². The molecule has 0 bridgehead atoms. The first-order valence-corrected chi connectivity index (χ1v) is 11.3. The maximum atomic E-state index is 12.9. The number of carbonyl (C=O) groups excluding carboxylic acids is 3. The topological polar surface area (TPSA) is 89.0 Å². The summed E-state index contributed by atoms with van der Waals surface area (Å²) in [4.78, 5) is 47.8. The van der Waals surface area contributed by atoms with Crippen LogP contribution < -0.4 is 5.32 Å². The molecule has 0 aliphatic heterocycles. The third kappa shape index (κ3) is 3.43. The van der Waals surface area contributed by atoms with E-state index in [1.165, 1.54) is 29.4 Å². The molecule has 0 radical (unpaired) electrons. The van der Waals surface area contributed by atoms with Gasteiger partial charge in [0.2, 0.25) is 5.91 Å². The molecule has 1 aliphatic rings. The van der Waals surface area contributed by atoms with Gasteiger partial charge in [-0.05, 0) is 36.6 Å². The first-order valence-electron chi connectivity index (χ1n) is 9.51. The average Bonchev–Trinajstić information content (AvgIpc) is 3.27. The number of amides is 1. The van der Waals surface area contributed by atoms with E-state index in [9.17, 15) is 14.4 Å². The Hall–Kier alpha value is -3.36. The van der Waals surface area contributed by atoms with Gasteiger partial charge in [0.25, 0.3) is 0 Å². The number of ketones is 2. The number of thioether (sulfide) groups is 1. The number of hydrogen-bond acceptors (Lipinski definition) is 7. The van der Waals surface area contributed by atoms with Crippen molar-refractivity contribution in [1.29, 1.82) is 0 Å². The highest BCUT2D eigenvalue weighted by molar-refractivity contribution is 8.00. The van der Waals surface area contributed by atoms with Crippen molar-refractivity contribution in [3.63, 3.8) is 0 Å². The molecule has 2 aromatic carbocycles. The van der Waals surface area contributed by atoms with Crippen LogP contribution >= 0.6 is 23.1 Å². The van der Waals surface area contributed by atoms with Crippen LogP contribution in [0.15, 0.2) is 65.3 Å². The molecule has 1 amide bonds. The van der Waals surface area contributed by atoms with E-state index in [0.29, 0.717) is 27.9 Å². The Morgan fingerprint density at radius 2 is 1.68 bits per heavy atom. The Kier molecular flexibility index (Phi) is 4.88. The number of fused-ring (bicyclic) bond motifs is 3. The highest BCUT2D eigenvalue weighted by atomic mass is 32.2. The summed E-state index contributed by atoms with van der Waals surface area (Å²) >= 11 is 2.87. The van der Waals surface area contributed by atoms with Crippen molar-refractivity contribution in [3.8, 4) is 0 Å². The smallest absolute Gasteiger partial charge is 0.237 e.